The van der Waals surface area contributed by atoms with Crippen molar-refractivity contribution in [3.8, 4) is 11.5 Å². The molecule has 7 nitrogen and oxygen atoms in total. The van der Waals surface area contributed by atoms with Gasteiger partial charge < -0.3 is 24.4 Å². The van der Waals surface area contributed by atoms with Crippen molar-refractivity contribution >= 4 is 29.1 Å². The zero-order valence-electron chi connectivity index (χ0n) is 22.3. The van der Waals surface area contributed by atoms with Crippen LogP contribution in [0.15, 0.2) is 48.0 Å². The second-order valence-corrected chi connectivity index (χ2v) is 10.3. The van der Waals surface area contributed by atoms with Gasteiger partial charge in [0.2, 0.25) is 0 Å². The Morgan fingerprint density at radius 1 is 1.08 bits per heavy atom. The second-order valence-electron chi connectivity index (χ2n) is 9.83. The van der Waals surface area contributed by atoms with Gasteiger partial charge in [0, 0.05) is 17.1 Å². The predicted octanol–water partition coefficient (Wildman–Crippen LogP) is 5.54. The second kappa shape index (κ2) is 13.0. The van der Waals surface area contributed by atoms with Crippen molar-refractivity contribution in [2.75, 3.05) is 40.4 Å². The molecule has 1 fully saturated rings. The van der Waals surface area contributed by atoms with Gasteiger partial charge in [0.05, 0.1) is 24.8 Å². The summed E-state index contributed by atoms with van der Waals surface area (Å²) >= 11 is 6.02. The summed E-state index contributed by atoms with van der Waals surface area (Å²) in [5.41, 5.74) is 1.13. The van der Waals surface area contributed by atoms with Crippen molar-refractivity contribution in [2.45, 2.75) is 39.7 Å². The quantitative estimate of drug-likeness (QED) is 0.221. The molecule has 2 aromatic rings. The Bertz CT molecular complexity index is 1130. The molecular weight excluding hydrogens is 492 g/mol. The first-order valence-corrected chi connectivity index (χ1v) is 13.1. The Labute approximate surface area is 224 Å². The molecule has 8 heteroatoms. The molecule has 1 atom stereocenters. The van der Waals surface area contributed by atoms with Crippen molar-refractivity contribution in [1.29, 1.82) is 0 Å². The molecule has 1 heterocycles. The van der Waals surface area contributed by atoms with Crippen LogP contribution in [-0.2, 0) is 9.59 Å². The minimum Gasteiger partial charge on any atom is -0.507 e. The van der Waals surface area contributed by atoms with Gasteiger partial charge in [-0.2, -0.15) is 0 Å². The summed E-state index contributed by atoms with van der Waals surface area (Å²) in [5, 5.41) is 11.7. The fourth-order valence-corrected chi connectivity index (χ4v) is 4.39. The van der Waals surface area contributed by atoms with Crippen LogP contribution in [0.1, 0.15) is 50.8 Å². The van der Waals surface area contributed by atoms with Crippen molar-refractivity contribution in [3.63, 3.8) is 0 Å². The molecule has 200 valence electrons. The van der Waals surface area contributed by atoms with Crippen LogP contribution in [0, 0.1) is 5.92 Å². The van der Waals surface area contributed by atoms with Crippen molar-refractivity contribution in [1.82, 2.24) is 9.80 Å². The number of likely N-dealkylation sites (tertiary alicyclic amines) is 1. The third-order valence-electron chi connectivity index (χ3n) is 6.20. The lowest BCUT2D eigenvalue weighted by Crippen LogP contribution is -2.32. The molecule has 0 aliphatic carbocycles. The highest BCUT2D eigenvalue weighted by molar-refractivity contribution is 6.46. The average Bonchev–Trinajstić information content (AvgIpc) is 3.09. The summed E-state index contributed by atoms with van der Waals surface area (Å²) in [7, 11) is 3.91. The number of hydrogen-bond donors (Lipinski definition) is 1. The van der Waals surface area contributed by atoms with Crippen LogP contribution < -0.4 is 9.47 Å². The number of hydrogen-bond acceptors (Lipinski definition) is 6. The number of benzene rings is 2. The zero-order chi connectivity index (χ0) is 27.1. The van der Waals surface area contributed by atoms with E-state index in [0.29, 0.717) is 59.7 Å². The van der Waals surface area contributed by atoms with Gasteiger partial charge >= 0.3 is 0 Å². The Hall–Kier alpha value is -3.03. The van der Waals surface area contributed by atoms with Crippen molar-refractivity contribution in [2.24, 2.45) is 5.92 Å². The smallest absolute Gasteiger partial charge is 0.295 e. The summed E-state index contributed by atoms with van der Waals surface area (Å²) in [6.07, 6.45) is 1.58. The van der Waals surface area contributed by atoms with Gasteiger partial charge in [-0.3, -0.25) is 9.59 Å². The van der Waals surface area contributed by atoms with Crippen LogP contribution in [0.4, 0.5) is 0 Å². The maximum atomic E-state index is 13.3. The largest absolute Gasteiger partial charge is 0.507 e. The number of Topliss-reactive ketones (excluding diaryl/α,β-unsaturated/α-hetero) is 1. The summed E-state index contributed by atoms with van der Waals surface area (Å²) < 4.78 is 11.9. The van der Waals surface area contributed by atoms with Crippen LogP contribution in [-0.4, -0.2) is 67.0 Å². The van der Waals surface area contributed by atoms with Gasteiger partial charge in [-0.05, 0) is 88.3 Å². The fraction of sp³-hybridized carbons (Fsp3) is 0.448. The molecule has 1 aliphatic heterocycles. The highest BCUT2D eigenvalue weighted by atomic mass is 35.5. The third kappa shape index (κ3) is 7.05. The number of ether oxygens (including phenoxy) is 2. The number of aliphatic hydroxyl groups excluding tert-OH is 1. The molecule has 0 aromatic heterocycles. The SMILES string of the molecule is CCOc1cc(C2/C(=C(\O)c3ccc(Cl)cc3)C(=O)C(=O)N2CCCN(C)C)ccc1OCCC(C)C. The minimum absolute atomic E-state index is 0.0492. The molecule has 0 bridgehead atoms. The van der Waals surface area contributed by atoms with Gasteiger partial charge in [0.25, 0.3) is 11.7 Å². The molecule has 2 aromatic carbocycles. The van der Waals surface area contributed by atoms with E-state index in [4.69, 9.17) is 21.1 Å². The van der Waals surface area contributed by atoms with Crippen LogP contribution in [0.25, 0.3) is 5.76 Å². The van der Waals surface area contributed by atoms with E-state index in [0.717, 1.165) is 13.0 Å². The molecule has 0 radical (unpaired) electrons. The first-order valence-electron chi connectivity index (χ1n) is 12.7. The zero-order valence-corrected chi connectivity index (χ0v) is 23.0. The fourth-order valence-electron chi connectivity index (χ4n) is 4.26. The topological polar surface area (TPSA) is 79.3 Å². The predicted molar refractivity (Wildman–Crippen MR) is 146 cm³/mol. The molecule has 1 amide bonds. The first-order chi connectivity index (χ1) is 17.6. The van der Waals surface area contributed by atoms with E-state index in [1.165, 1.54) is 4.90 Å². The molecule has 0 spiro atoms. The molecular formula is C29H37ClN2O5. The Balaban J connectivity index is 2.08. The van der Waals surface area contributed by atoms with Gasteiger partial charge in [-0.15, -0.1) is 0 Å². The van der Waals surface area contributed by atoms with E-state index in [1.807, 2.05) is 38.1 Å². The first kappa shape index (κ1) is 28.5. The minimum atomic E-state index is -0.762. The maximum absolute atomic E-state index is 13.3. The Morgan fingerprint density at radius 2 is 1.78 bits per heavy atom. The van der Waals surface area contributed by atoms with Gasteiger partial charge in [0.15, 0.2) is 11.5 Å². The van der Waals surface area contributed by atoms with E-state index < -0.39 is 17.7 Å². The van der Waals surface area contributed by atoms with Gasteiger partial charge in [-0.25, -0.2) is 0 Å². The van der Waals surface area contributed by atoms with Crippen LogP contribution in [0.3, 0.4) is 0 Å². The number of halogens is 1. The normalized spacial score (nSPS) is 17.2. The number of rotatable bonds is 12. The summed E-state index contributed by atoms with van der Waals surface area (Å²) in [6.45, 7) is 8.25. The number of carbonyl (C=O) groups excluding carboxylic acids is 2. The van der Waals surface area contributed by atoms with E-state index in [1.54, 1.807) is 30.3 Å². The van der Waals surface area contributed by atoms with Crippen molar-refractivity contribution in [3.05, 3.63) is 64.2 Å². The molecule has 1 N–H and O–H groups in total. The highest BCUT2D eigenvalue weighted by Crippen LogP contribution is 2.42. The Morgan fingerprint density at radius 3 is 2.41 bits per heavy atom. The average molecular weight is 529 g/mol. The van der Waals surface area contributed by atoms with Crippen LogP contribution in [0.2, 0.25) is 5.02 Å². The molecule has 37 heavy (non-hydrogen) atoms. The molecule has 3 rings (SSSR count). The number of amides is 1. The number of aliphatic hydroxyl groups is 1. The van der Waals surface area contributed by atoms with E-state index >= 15 is 0 Å². The van der Waals surface area contributed by atoms with E-state index in [2.05, 4.69) is 13.8 Å². The van der Waals surface area contributed by atoms with Crippen LogP contribution >= 0.6 is 11.6 Å². The maximum Gasteiger partial charge on any atom is 0.295 e. The monoisotopic (exact) mass is 528 g/mol. The third-order valence-corrected chi connectivity index (χ3v) is 6.45. The van der Waals surface area contributed by atoms with Crippen molar-refractivity contribution < 1.29 is 24.2 Å². The highest BCUT2D eigenvalue weighted by Gasteiger charge is 2.46. The number of carbonyl (C=O) groups is 2. The summed E-state index contributed by atoms with van der Waals surface area (Å²) in [5.74, 6) is 0.0737. The lowest BCUT2D eigenvalue weighted by molar-refractivity contribution is -0.139. The lowest BCUT2D eigenvalue weighted by atomic mass is 9.95. The van der Waals surface area contributed by atoms with Gasteiger partial charge in [0.1, 0.15) is 5.76 Å². The Kier molecular flexibility index (Phi) is 10.0. The summed E-state index contributed by atoms with van der Waals surface area (Å²) in [6, 6.07) is 11.2. The molecule has 0 saturated carbocycles. The van der Waals surface area contributed by atoms with Crippen LogP contribution in [0.5, 0.6) is 11.5 Å². The molecule has 1 unspecified atom stereocenters. The van der Waals surface area contributed by atoms with E-state index in [9.17, 15) is 14.7 Å². The summed E-state index contributed by atoms with van der Waals surface area (Å²) in [4.78, 5) is 30.0. The standard InChI is InChI=1S/C29H37ClN2O5/c1-6-36-24-18-21(10-13-23(24)37-17-14-19(2)3)26-25(27(33)20-8-11-22(30)12-9-20)28(34)29(35)32(26)16-7-15-31(4)5/h8-13,18-19,26,33H,6-7,14-17H2,1-5H3/b27-25+. The van der Waals surface area contributed by atoms with E-state index in [-0.39, 0.29) is 11.3 Å². The van der Waals surface area contributed by atoms with Gasteiger partial charge in [-0.1, -0.05) is 31.5 Å². The molecule has 1 saturated heterocycles. The lowest BCUT2D eigenvalue weighted by Gasteiger charge is -2.26. The number of ketones is 1. The number of nitrogens with zero attached hydrogens (tertiary/aromatic N) is 2. The molecule has 1 aliphatic rings.